The van der Waals surface area contributed by atoms with Crippen LogP contribution in [0.15, 0.2) is 114 Å². The standard InChI is InChI=1S/C26H22N2O.BrH/c29-26(24-13-11-23(12-14-24)22-9-5-2-6-10-22)20-28-17-15-25(16-18-28)27-19-21-7-3-1-4-8-21;/h1-18H,19-20H2;1H. The molecule has 0 saturated carbocycles. The van der Waals surface area contributed by atoms with Gasteiger partial charge in [-0.3, -0.25) is 9.79 Å². The molecule has 4 heteroatoms. The van der Waals surface area contributed by atoms with Crippen molar-refractivity contribution in [1.82, 2.24) is 4.57 Å². The maximum atomic E-state index is 12.6. The van der Waals surface area contributed by atoms with Crippen LogP contribution in [0.25, 0.3) is 11.1 Å². The van der Waals surface area contributed by atoms with Crippen LogP contribution in [-0.4, -0.2) is 10.4 Å². The van der Waals surface area contributed by atoms with Gasteiger partial charge in [0, 0.05) is 18.0 Å². The summed E-state index contributed by atoms with van der Waals surface area (Å²) in [4.78, 5) is 17.2. The van der Waals surface area contributed by atoms with Gasteiger partial charge in [0.2, 0.25) is 0 Å². The van der Waals surface area contributed by atoms with Crippen LogP contribution >= 0.6 is 17.0 Å². The third kappa shape index (κ3) is 5.65. The average molecular weight is 459 g/mol. The lowest BCUT2D eigenvalue weighted by Gasteiger charge is -2.07. The predicted molar refractivity (Wildman–Crippen MR) is 127 cm³/mol. The fourth-order valence-electron chi connectivity index (χ4n) is 3.16. The number of nitrogens with zero attached hydrogens (tertiary/aromatic N) is 2. The molecule has 0 saturated heterocycles. The van der Waals surface area contributed by atoms with E-state index in [1.807, 2.05) is 89.8 Å². The Bertz CT molecular complexity index is 1130. The Labute approximate surface area is 187 Å². The molecular weight excluding hydrogens is 436 g/mol. The van der Waals surface area contributed by atoms with Crippen molar-refractivity contribution in [3.05, 3.63) is 126 Å². The van der Waals surface area contributed by atoms with Crippen molar-refractivity contribution in [3.8, 4) is 11.1 Å². The Morgan fingerprint density at radius 1 is 0.700 bits per heavy atom. The van der Waals surface area contributed by atoms with Crippen LogP contribution in [0, 0.1) is 0 Å². The summed E-state index contributed by atoms with van der Waals surface area (Å²) in [5.41, 5.74) is 4.16. The van der Waals surface area contributed by atoms with Crippen molar-refractivity contribution in [2.75, 3.05) is 0 Å². The summed E-state index contributed by atoms with van der Waals surface area (Å²) in [5, 5.41) is 0.907. The van der Waals surface area contributed by atoms with Crippen molar-refractivity contribution < 1.29 is 4.79 Å². The molecule has 30 heavy (non-hydrogen) atoms. The predicted octanol–water partition coefficient (Wildman–Crippen LogP) is 5.72. The fourth-order valence-corrected chi connectivity index (χ4v) is 3.16. The molecule has 0 aliphatic heterocycles. The molecule has 0 unspecified atom stereocenters. The first-order valence-corrected chi connectivity index (χ1v) is 9.67. The van der Waals surface area contributed by atoms with Crippen molar-refractivity contribution in [1.29, 1.82) is 0 Å². The van der Waals surface area contributed by atoms with E-state index in [1.165, 1.54) is 5.56 Å². The second-order valence-electron chi connectivity index (χ2n) is 6.90. The largest absolute Gasteiger partial charge is 0.346 e. The smallest absolute Gasteiger partial charge is 0.182 e. The molecule has 3 nitrogen and oxygen atoms in total. The van der Waals surface area contributed by atoms with E-state index >= 15 is 0 Å². The number of aromatic nitrogens is 1. The Hall–Kier alpha value is -3.24. The number of halogens is 1. The zero-order chi connectivity index (χ0) is 19.9. The Morgan fingerprint density at radius 3 is 1.90 bits per heavy atom. The minimum atomic E-state index is 0. The maximum absolute atomic E-state index is 12.6. The van der Waals surface area contributed by atoms with E-state index in [9.17, 15) is 4.79 Å². The Morgan fingerprint density at radius 2 is 1.27 bits per heavy atom. The third-order valence-electron chi connectivity index (χ3n) is 4.80. The molecule has 0 aliphatic carbocycles. The molecular formula is C26H23BrN2O. The molecule has 3 aromatic carbocycles. The summed E-state index contributed by atoms with van der Waals surface area (Å²) >= 11 is 0. The topological polar surface area (TPSA) is 34.4 Å². The second kappa shape index (κ2) is 10.5. The Balaban J connectivity index is 0.00000256. The summed E-state index contributed by atoms with van der Waals surface area (Å²) in [5.74, 6) is 0.0867. The number of carbonyl (C=O) groups excluding carboxylic acids is 1. The van der Waals surface area contributed by atoms with Gasteiger partial charge in [0.15, 0.2) is 5.78 Å². The number of pyridine rings is 1. The molecule has 0 atom stereocenters. The lowest BCUT2D eigenvalue weighted by Crippen LogP contribution is -2.12. The highest BCUT2D eigenvalue weighted by Gasteiger charge is 2.06. The quantitative estimate of drug-likeness (QED) is 0.340. The van der Waals surface area contributed by atoms with Gasteiger partial charge in [-0.05, 0) is 28.8 Å². The summed E-state index contributed by atoms with van der Waals surface area (Å²) < 4.78 is 1.88. The van der Waals surface area contributed by atoms with E-state index in [0.29, 0.717) is 13.1 Å². The number of hydrogen-bond acceptors (Lipinski definition) is 2. The van der Waals surface area contributed by atoms with Gasteiger partial charge in [0.05, 0.1) is 18.4 Å². The molecule has 4 rings (SSSR count). The first kappa shape index (κ1) is 21.5. The third-order valence-corrected chi connectivity index (χ3v) is 4.80. The van der Waals surface area contributed by atoms with E-state index in [1.54, 1.807) is 0 Å². The molecule has 1 heterocycles. The van der Waals surface area contributed by atoms with E-state index < -0.39 is 0 Å². The van der Waals surface area contributed by atoms with Gasteiger partial charge in [0.25, 0.3) is 0 Å². The van der Waals surface area contributed by atoms with Crippen LogP contribution in [0.2, 0.25) is 0 Å². The molecule has 0 radical (unpaired) electrons. The molecule has 150 valence electrons. The van der Waals surface area contributed by atoms with Crippen molar-refractivity contribution >= 4 is 22.8 Å². The van der Waals surface area contributed by atoms with Gasteiger partial charge in [-0.15, -0.1) is 17.0 Å². The normalized spacial score (nSPS) is 10.1. The Kier molecular flexibility index (Phi) is 7.52. The molecule has 1 aromatic heterocycles. The van der Waals surface area contributed by atoms with Crippen molar-refractivity contribution in [2.24, 2.45) is 4.99 Å². The van der Waals surface area contributed by atoms with Crippen LogP contribution in [0.3, 0.4) is 0 Å². The summed E-state index contributed by atoms with van der Waals surface area (Å²) in [7, 11) is 0. The molecule has 4 aromatic rings. The molecule has 0 N–H and O–H groups in total. The van der Waals surface area contributed by atoms with Crippen LogP contribution in [0.1, 0.15) is 15.9 Å². The van der Waals surface area contributed by atoms with Crippen LogP contribution < -0.4 is 5.36 Å². The fraction of sp³-hybridized carbons (Fsp3) is 0.0769. The molecule has 0 aliphatic rings. The van der Waals surface area contributed by atoms with E-state index in [0.717, 1.165) is 22.0 Å². The number of rotatable bonds is 6. The highest BCUT2D eigenvalue weighted by atomic mass is 79.9. The lowest BCUT2D eigenvalue weighted by molar-refractivity contribution is 0.0972. The number of Topliss-reactive ketones (excluding diaryl/α,β-unsaturated/α-hetero) is 1. The molecule has 0 fully saturated rings. The number of ketones is 1. The molecule has 0 bridgehead atoms. The summed E-state index contributed by atoms with van der Waals surface area (Å²) in [6.45, 7) is 0.960. The molecule has 0 amide bonds. The van der Waals surface area contributed by atoms with Gasteiger partial charge >= 0.3 is 0 Å². The van der Waals surface area contributed by atoms with Crippen molar-refractivity contribution in [3.63, 3.8) is 0 Å². The van der Waals surface area contributed by atoms with Gasteiger partial charge in [-0.25, -0.2) is 0 Å². The van der Waals surface area contributed by atoms with E-state index in [2.05, 4.69) is 29.3 Å². The van der Waals surface area contributed by atoms with E-state index in [-0.39, 0.29) is 22.8 Å². The number of hydrogen-bond donors (Lipinski definition) is 0. The average Bonchev–Trinajstić information content (AvgIpc) is 2.80. The monoisotopic (exact) mass is 458 g/mol. The molecule has 0 spiro atoms. The van der Waals surface area contributed by atoms with Crippen molar-refractivity contribution in [2.45, 2.75) is 13.1 Å². The van der Waals surface area contributed by atoms with Gasteiger partial charge < -0.3 is 4.57 Å². The zero-order valence-corrected chi connectivity index (χ0v) is 18.2. The van der Waals surface area contributed by atoms with Crippen LogP contribution in [0.5, 0.6) is 0 Å². The first-order chi connectivity index (χ1) is 14.3. The summed E-state index contributed by atoms with van der Waals surface area (Å²) in [6, 6.07) is 32.0. The minimum absolute atomic E-state index is 0. The first-order valence-electron chi connectivity index (χ1n) is 9.67. The number of carbonyl (C=O) groups is 1. The minimum Gasteiger partial charge on any atom is -0.346 e. The summed E-state index contributed by atoms with van der Waals surface area (Å²) in [6.07, 6.45) is 3.81. The zero-order valence-electron chi connectivity index (χ0n) is 16.5. The van der Waals surface area contributed by atoms with Gasteiger partial charge in [-0.2, -0.15) is 0 Å². The van der Waals surface area contributed by atoms with Crippen LogP contribution in [-0.2, 0) is 13.1 Å². The SMILES string of the molecule is Br.O=C(Cn1ccc(=NCc2ccccc2)cc1)c1ccc(-c2ccccc2)cc1. The van der Waals surface area contributed by atoms with Gasteiger partial charge in [-0.1, -0.05) is 84.9 Å². The lowest BCUT2D eigenvalue weighted by atomic mass is 10.0. The highest BCUT2D eigenvalue weighted by Crippen LogP contribution is 2.19. The maximum Gasteiger partial charge on any atom is 0.182 e. The number of benzene rings is 3. The second-order valence-corrected chi connectivity index (χ2v) is 6.90. The highest BCUT2D eigenvalue weighted by molar-refractivity contribution is 8.93. The van der Waals surface area contributed by atoms with Crippen LogP contribution in [0.4, 0.5) is 0 Å². The van der Waals surface area contributed by atoms with E-state index in [4.69, 9.17) is 0 Å². The van der Waals surface area contributed by atoms with Gasteiger partial charge in [0.1, 0.15) is 0 Å².